The summed E-state index contributed by atoms with van der Waals surface area (Å²) in [6.07, 6.45) is 8.28. The molecule has 50 heavy (non-hydrogen) atoms. The number of aliphatic hydroxyl groups excluding tert-OH is 2. The first-order chi connectivity index (χ1) is 22.5. The number of amides is 2. The Hall–Kier alpha value is -5.27. The molecule has 0 radical (unpaired) electrons. The van der Waals surface area contributed by atoms with E-state index in [1.807, 2.05) is 64.1 Å². The average molecular weight is 788 g/mol. The smallest absolute Gasteiger partial charge is 0.394 e. The van der Waals surface area contributed by atoms with Gasteiger partial charge in [0.2, 0.25) is 12.8 Å². The number of aliphatic imine (C=N–C) groups is 2. The van der Waals surface area contributed by atoms with E-state index in [0.717, 1.165) is 24.2 Å². The molecule has 2 aromatic heterocycles. The van der Waals surface area contributed by atoms with Crippen LogP contribution < -0.4 is 0 Å². The van der Waals surface area contributed by atoms with Gasteiger partial charge in [0.15, 0.2) is 0 Å². The minimum absolute atomic E-state index is 0. The maximum Gasteiger partial charge on any atom is 2.00 e. The van der Waals surface area contributed by atoms with Gasteiger partial charge in [0, 0.05) is 53.0 Å². The van der Waals surface area contributed by atoms with Crippen LogP contribution in [0.15, 0.2) is 58.8 Å². The van der Waals surface area contributed by atoms with Crippen LogP contribution in [0.3, 0.4) is 0 Å². The first-order valence-corrected chi connectivity index (χ1v) is 12.8. The van der Waals surface area contributed by atoms with Gasteiger partial charge in [0.1, 0.15) is 0 Å². The predicted octanol–water partition coefficient (Wildman–Crippen LogP) is 5.41. The third-order valence-electron chi connectivity index (χ3n) is 3.66. The van der Waals surface area contributed by atoms with E-state index in [0.29, 0.717) is 0 Å². The zero-order valence-electron chi connectivity index (χ0n) is 28.7. The average Bonchev–Trinajstić information content (AvgIpc) is 3.06. The van der Waals surface area contributed by atoms with Crippen LogP contribution in [0.25, 0.3) is 63.9 Å². The second-order valence-corrected chi connectivity index (χ2v) is 9.46. The molecule has 0 aliphatic heterocycles. The van der Waals surface area contributed by atoms with Gasteiger partial charge in [-0.1, -0.05) is 12.1 Å². The Morgan fingerprint density at radius 1 is 0.620 bits per heavy atom. The van der Waals surface area contributed by atoms with Crippen molar-refractivity contribution in [3.05, 3.63) is 124 Å². The van der Waals surface area contributed by atoms with Crippen molar-refractivity contribution in [1.29, 1.82) is 0 Å². The number of aliphatic hydroxyl groups is 2. The van der Waals surface area contributed by atoms with Crippen molar-refractivity contribution >= 4 is 25.2 Å². The number of hydrogen-bond donors (Lipinski definition) is 2. The van der Waals surface area contributed by atoms with Gasteiger partial charge in [-0.2, -0.15) is 0 Å². The molecule has 0 spiro atoms. The molecule has 2 rings (SSSR count). The van der Waals surface area contributed by atoms with E-state index in [-0.39, 0.29) is 46.2 Å². The van der Waals surface area contributed by atoms with Crippen LogP contribution in [0.4, 0.5) is 0 Å². The zero-order chi connectivity index (χ0) is 38.9. The molecule has 280 valence electrons. The van der Waals surface area contributed by atoms with E-state index in [9.17, 15) is 9.59 Å². The largest absolute Gasteiger partial charge is 2.00 e. The van der Waals surface area contributed by atoms with E-state index < -0.39 is 11.1 Å². The minimum atomic E-state index is -0.419. The number of aromatic nitrogens is 2. The van der Waals surface area contributed by atoms with E-state index in [4.69, 9.17) is 54.5 Å². The second-order valence-electron chi connectivity index (χ2n) is 9.46. The standard InChI is InChI=1S/2C10H14N2O.2C3H7NO.4N3.2Ni/c2*1-10(2,8-13)12-7-9-5-3-4-6-11-9;2*1-4(2)3-5;4*1-3-2;;/h2*3-7,13H,8H2,1-2H3;2*3H,1-2H3;;;;;;/q;;;;4*-1;2*+2. The fraction of sp³-hybridized carbons (Fsp3) is 0.462. The Morgan fingerprint density at radius 2 is 0.840 bits per heavy atom. The quantitative estimate of drug-likeness (QED) is 0.0878. The van der Waals surface area contributed by atoms with Gasteiger partial charge in [-0.05, 0) is 52.0 Å². The van der Waals surface area contributed by atoms with Gasteiger partial charge in [-0.25, -0.2) is 0 Å². The SMILES string of the molecule is CC(C)(CO)N=Cc1ccccn1.CC(C)(CO)N=Cc1ccccn1.CN(C)C=O.CN(C)C=O.[N-]=[N+]=[N-].[N-]=[N+]=[N-].[N-]=[N+]=[N-].[N-]=[N+]=[N-].[Ni+2].[Ni+2]. The fourth-order valence-corrected chi connectivity index (χ4v) is 1.47. The summed E-state index contributed by atoms with van der Waals surface area (Å²) in [5.74, 6) is 0. The monoisotopic (exact) mass is 786 g/mol. The van der Waals surface area contributed by atoms with Crippen LogP contribution >= 0.6 is 0 Å². The van der Waals surface area contributed by atoms with Crippen molar-refractivity contribution in [2.24, 2.45) is 9.98 Å². The van der Waals surface area contributed by atoms with Crippen molar-refractivity contribution in [3.8, 4) is 0 Å². The van der Waals surface area contributed by atoms with E-state index in [1.54, 1.807) is 53.0 Å². The summed E-state index contributed by atoms with van der Waals surface area (Å²) < 4.78 is 0. The molecule has 2 heterocycles. The molecule has 0 unspecified atom stereocenters. The molecule has 2 aromatic rings. The van der Waals surface area contributed by atoms with Gasteiger partial charge < -0.3 is 64.3 Å². The Labute approximate surface area is 311 Å². The molecule has 0 aromatic carbocycles. The van der Waals surface area contributed by atoms with E-state index in [1.165, 1.54) is 29.4 Å². The molecular formula is C26H42N18Ni2O4. The molecule has 0 bridgehead atoms. The van der Waals surface area contributed by atoms with Gasteiger partial charge in [0.25, 0.3) is 0 Å². The van der Waals surface area contributed by atoms with Crippen LogP contribution in [-0.2, 0) is 42.6 Å². The van der Waals surface area contributed by atoms with Crippen molar-refractivity contribution in [1.82, 2.24) is 19.8 Å². The van der Waals surface area contributed by atoms with Crippen LogP contribution in [0, 0.1) is 0 Å². The summed E-state index contributed by atoms with van der Waals surface area (Å²) in [5.41, 5.74) is 54.8. The first kappa shape index (κ1) is 63.4. The first-order valence-electron chi connectivity index (χ1n) is 12.8. The molecule has 2 N–H and O–H groups in total. The fourth-order valence-electron chi connectivity index (χ4n) is 1.47. The number of rotatable bonds is 8. The van der Waals surface area contributed by atoms with Crippen LogP contribution in [0.2, 0.25) is 0 Å². The van der Waals surface area contributed by atoms with Crippen LogP contribution in [-0.4, -0.2) is 108 Å². The normalized spacial score (nSPS) is 8.36. The molecule has 0 fully saturated rings. The topological polar surface area (TPSA) is 366 Å². The van der Waals surface area contributed by atoms with Gasteiger partial charge in [-0.15, -0.1) is 0 Å². The third kappa shape index (κ3) is 69.5. The van der Waals surface area contributed by atoms with Gasteiger partial charge >= 0.3 is 33.0 Å². The maximum absolute atomic E-state index is 9.43. The van der Waals surface area contributed by atoms with Crippen molar-refractivity contribution < 1.29 is 52.8 Å². The van der Waals surface area contributed by atoms with Crippen molar-refractivity contribution in [3.63, 3.8) is 0 Å². The molecule has 0 saturated heterocycles. The summed E-state index contributed by atoms with van der Waals surface area (Å²) in [6.45, 7) is 7.55. The maximum atomic E-state index is 9.43. The summed E-state index contributed by atoms with van der Waals surface area (Å²) >= 11 is 0. The van der Waals surface area contributed by atoms with Crippen molar-refractivity contribution in [2.75, 3.05) is 41.4 Å². The summed E-state index contributed by atoms with van der Waals surface area (Å²) in [5, 5.41) is 17.9. The van der Waals surface area contributed by atoms with Gasteiger partial charge in [0.05, 0.1) is 35.7 Å². The Balaban J connectivity index is -0.0000000735. The molecule has 0 saturated carbocycles. The van der Waals surface area contributed by atoms with Crippen LogP contribution in [0.5, 0.6) is 0 Å². The number of carbonyl (C=O) groups excluding carboxylic acids is 2. The summed E-state index contributed by atoms with van der Waals surface area (Å²) in [4.78, 5) is 44.3. The molecule has 0 aliphatic rings. The van der Waals surface area contributed by atoms with Crippen molar-refractivity contribution in [2.45, 2.75) is 38.8 Å². The number of hydrogen-bond acceptors (Lipinski definition) is 8. The molecule has 0 atom stereocenters. The summed E-state index contributed by atoms with van der Waals surface area (Å²) in [7, 11) is 6.75. The summed E-state index contributed by atoms with van der Waals surface area (Å²) in [6, 6.07) is 11.3. The Morgan fingerprint density at radius 3 is 0.980 bits per heavy atom. The van der Waals surface area contributed by atoms with Crippen LogP contribution in [0.1, 0.15) is 39.1 Å². The molecular weight excluding hydrogens is 746 g/mol. The number of nitrogens with zero attached hydrogens (tertiary/aromatic N) is 18. The molecule has 24 heteroatoms. The van der Waals surface area contributed by atoms with E-state index in [2.05, 4.69) is 20.0 Å². The molecule has 0 aliphatic carbocycles. The predicted molar refractivity (Wildman–Crippen MR) is 186 cm³/mol. The van der Waals surface area contributed by atoms with Gasteiger partial charge in [-0.3, -0.25) is 49.2 Å². The molecule has 22 nitrogen and oxygen atoms in total. The third-order valence-corrected chi connectivity index (χ3v) is 3.66. The Kier molecular flexibility index (Phi) is 61.0. The molecule has 2 amide bonds. The van der Waals surface area contributed by atoms with E-state index >= 15 is 0 Å². The minimum Gasteiger partial charge on any atom is -0.394 e. The second kappa shape index (κ2) is 48.1. The Bertz CT molecular complexity index is 1120. The number of pyridine rings is 2. The number of carbonyl (C=O) groups is 2. The zero-order valence-corrected chi connectivity index (χ0v) is 30.7.